The lowest BCUT2D eigenvalue weighted by atomic mass is 10.0. The van der Waals surface area contributed by atoms with Crippen LogP contribution in [0.25, 0.3) is 0 Å². The van der Waals surface area contributed by atoms with Crippen molar-refractivity contribution in [2.24, 2.45) is 0 Å². The molecule has 0 spiro atoms. The molecule has 0 aliphatic carbocycles. The van der Waals surface area contributed by atoms with E-state index < -0.39 is 10.1 Å². The van der Waals surface area contributed by atoms with Gasteiger partial charge in [-0.1, -0.05) is 121 Å². The molecule has 4 heteroatoms. The van der Waals surface area contributed by atoms with Gasteiger partial charge in [0.1, 0.15) is 0 Å². The van der Waals surface area contributed by atoms with Crippen LogP contribution in [-0.2, 0) is 20.9 Å². The van der Waals surface area contributed by atoms with Crippen LogP contribution in [0.1, 0.15) is 102 Å². The van der Waals surface area contributed by atoms with Gasteiger partial charge in [-0.05, 0) is 12.0 Å². The van der Waals surface area contributed by atoms with Gasteiger partial charge >= 0.3 is 0 Å². The molecule has 0 heterocycles. The second kappa shape index (κ2) is 16.1. The summed E-state index contributed by atoms with van der Waals surface area (Å²) in [6, 6.07) is 9.44. The van der Waals surface area contributed by atoms with Crippen LogP contribution in [0.5, 0.6) is 0 Å². The summed E-state index contributed by atoms with van der Waals surface area (Å²) in [5.74, 6) is 0.137. The smallest absolute Gasteiger partial charge is 0.265 e. The van der Waals surface area contributed by atoms with E-state index in [1.54, 1.807) is 0 Å². The Morgan fingerprint density at radius 1 is 0.667 bits per heavy atom. The van der Waals surface area contributed by atoms with Crippen molar-refractivity contribution in [2.75, 3.05) is 5.75 Å². The lowest BCUT2D eigenvalue weighted by molar-refractivity contribution is 0.307. The van der Waals surface area contributed by atoms with Crippen LogP contribution in [0.15, 0.2) is 30.3 Å². The van der Waals surface area contributed by atoms with Gasteiger partial charge in [-0.2, -0.15) is 8.42 Å². The summed E-state index contributed by atoms with van der Waals surface area (Å²) in [6.45, 7) is 2.40. The molecule has 0 radical (unpaired) electrons. The molecule has 0 unspecified atom stereocenters. The highest BCUT2D eigenvalue weighted by Crippen LogP contribution is 2.13. The topological polar surface area (TPSA) is 43.4 Å². The Morgan fingerprint density at radius 3 is 1.59 bits per heavy atom. The predicted molar refractivity (Wildman–Crippen MR) is 115 cm³/mol. The van der Waals surface area contributed by atoms with Gasteiger partial charge in [0.05, 0.1) is 12.4 Å². The van der Waals surface area contributed by atoms with E-state index in [0.717, 1.165) is 18.4 Å². The van der Waals surface area contributed by atoms with Gasteiger partial charge in [0.15, 0.2) is 0 Å². The van der Waals surface area contributed by atoms with Gasteiger partial charge in [-0.25, -0.2) is 0 Å². The third-order valence-electron chi connectivity index (χ3n) is 5.00. The lowest BCUT2D eigenvalue weighted by Crippen LogP contribution is -2.10. The summed E-state index contributed by atoms with van der Waals surface area (Å²) in [5.41, 5.74) is 0.891. The van der Waals surface area contributed by atoms with Crippen LogP contribution in [0.2, 0.25) is 0 Å². The molecule has 0 saturated heterocycles. The van der Waals surface area contributed by atoms with E-state index in [1.165, 1.54) is 70.6 Å². The highest BCUT2D eigenvalue weighted by atomic mass is 32.2. The molecule has 1 aromatic rings. The molecule has 1 rings (SSSR count). The Kier molecular flexibility index (Phi) is 14.4. The first-order valence-corrected chi connectivity index (χ1v) is 12.6. The summed E-state index contributed by atoms with van der Waals surface area (Å²) in [4.78, 5) is 0. The van der Waals surface area contributed by atoms with Gasteiger partial charge in [-0.15, -0.1) is 0 Å². The number of hydrogen-bond acceptors (Lipinski definition) is 3. The molecule has 0 atom stereocenters. The molecule has 0 aromatic heterocycles. The van der Waals surface area contributed by atoms with E-state index in [2.05, 4.69) is 6.92 Å². The normalized spacial score (nSPS) is 11.7. The second-order valence-corrected chi connectivity index (χ2v) is 9.37. The van der Waals surface area contributed by atoms with E-state index in [9.17, 15) is 8.42 Å². The summed E-state index contributed by atoms with van der Waals surface area (Å²) in [7, 11) is -3.40. The average Bonchev–Trinajstić information content (AvgIpc) is 2.67. The lowest BCUT2D eigenvalue weighted by Gasteiger charge is -2.06. The molecule has 27 heavy (non-hydrogen) atoms. The molecule has 0 N–H and O–H groups in total. The van der Waals surface area contributed by atoms with E-state index in [0.29, 0.717) is 6.42 Å². The average molecular weight is 397 g/mol. The van der Waals surface area contributed by atoms with E-state index in [4.69, 9.17) is 4.18 Å². The highest BCUT2D eigenvalue weighted by molar-refractivity contribution is 7.86. The number of unbranched alkanes of at least 4 members (excludes halogenated alkanes) is 13. The maximum absolute atomic E-state index is 11.9. The molecule has 0 amide bonds. The van der Waals surface area contributed by atoms with Gasteiger partial charge in [0.25, 0.3) is 10.1 Å². The largest absolute Gasteiger partial charge is 0.267 e. The standard InChI is InChI=1S/C23H40O3S/c1-2-3-4-5-6-7-8-9-10-11-12-13-14-18-21-27(24,25)26-22-23-19-16-15-17-20-23/h15-17,19-20H,2-14,18,21-22H2,1H3. The van der Waals surface area contributed by atoms with E-state index >= 15 is 0 Å². The van der Waals surface area contributed by atoms with Crippen molar-refractivity contribution in [2.45, 2.75) is 103 Å². The Morgan fingerprint density at radius 2 is 1.11 bits per heavy atom. The van der Waals surface area contributed by atoms with Crippen LogP contribution < -0.4 is 0 Å². The first-order valence-electron chi connectivity index (χ1n) is 11.0. The fraction of sp³-hybridized carbons (Fsp3) is 0.739. The molecule has 0 aliphatic heterocycles. The van der Waals surface area contributed by atoms with E-state index in [1.807, 2.05) is 30.3 Å². The number of rotatable bonds is 18. The molecule has 156 valence electrons. The molecule has 0 fully saturated rings. The third-order valence-corrected chi connectivity index (χ3v) is 6.26. The zero-order valence-electron chi connectivity index (χ0n) is 17.3. The molecule has 0 bridgehead atoms. The quantitative estimate of drug-likeness (QED) is 0.198. The van der Waals surface area contributed by atoms with Crippen molar-refractivity contribution in [1.82, 2.24) is 0 Å². The van der Waals surface area contributed by atoms with Crippen LogP contribution >= 0.6 is 0 Å². The predicted octanol–water partition coefficient (Wildman–Crippen LogP) is 7.01. The van der Waals surface area contributed by atoms with Crippen molar-refractivity contribution < 1.29 is 12.6 Å². The van der Waals surface area contributed by atoms with Crippen molar-refractivity contribution in [1.29, 1.82) is 0 Å². The molecular weight excluding hydrogens is 356 g/mol. The Balaban J connectivity index is 1.88. The highest BCUT2D eigenvalue weighted by Gasteiger charge is 2.10. The van der Waals surface area contributed by atoms with Crippen LogP contribution in [0.4, 0.5) is 0 Å². The second-order valence-electron chi connectivity index (χ2n) is 7.61. The minimum atomic E-state index is -3.40. The van der Waals surface area contributed by atoms with Crippen molar-refractivity contribution in [3.05, 3.63) is 35.9 Å². The van der Waals surface area contributed by atoms with Gasteiger partial charge in [-0.3, -0.25) is 4.18 Å². The zero-order chi connectivity index (χ0) is 19.6. The van der Waals surface area contributed by atoms with Crippen LogP contribution in [0.3, 0.4) is 0 Å². The summed E-state index contributed by atoms with van der Waals surface area (Å²) in [5, 5.41) is 0. The van der Waals surface area contributed by atoms with Crippen molar-refractivity contribution in [3.8, 4) is 0 Å². The molecule has 0 saturated carbocycles. The van der Waals surface area contributed by atoms with Gasteiger partial charge in [0, 0.05) is 0 Å². The fourth-order valence-electron chi connectivity index (χ4n) is 3.26. The van der Waals surface area contributed by atoms with Crippen molar-refractivity contribution >= 4 is 10.1 Å². The van der Waals surface area contributed by atoms with Gasteiger partial charge in [0.2, 0.25) is 0 Å². The maximum Gasteiger partial charge on any atom is 0.267 e. The Bertz CT molecular complexity index is 540. The Labute approximate surface area is 168 Å². The summed E-state index contributed by atoms with van der Waals surface area (Å²) in [6.07, 6.45) is 17.7. The van der Waals surface area contributed by atoms with E-state index in [-0.39, 0.29) is 12.4 Å². The third kappa shape index (κ3) is 14.8. The summed E-state index contributed by atoms with van der Waals surface area (Å²) < 4.78 is 28.9. The Hall–Kier alpha value is -0.870. The SMILES string of the molecule is CCCCCCCCCCCCCCCCS(=O)(=O)OCc1ccccc1. The maximum atomic E-state index is 11.9. The summed E-state index contributed by atoms with van der Waals surface area (Å²) >= 11 is 0. The van der Waals surface area contributed by atoms with Crippen LogP contribution in [0, 0.1) is 0 Å². The molecule has 0 aliphatic rings. The van der Waals surface area contributed by atoms with Crippen molar-refractivity contribution in [3.63, 3.8) is 0 Å². The first kappa shape index (κ1) is 24.2. The minimum absolute atomic E-state index is 0.137. The first-order chi connectivity index (χ1) is 13.1. The number of benzene rings is 1. The monoisotopic (exact) mass is 396 g/mol. The molecule has 1 aromatic carbocycles. The minimum Gasteiger partial charge on any atom is -0.265 e. The van der Waals surface area contributed by atoms with Crippen LogP contribution in [-0.4, -0.2) is 14.2 Å². The van der Waals surface area contributed by atoms with Gasteiger partial charge < -0.3 is 0 Å². The fourth-order valence-corrected chi connectivity index (χ4v) is 4.26. The molecular formula is C23H40O3S. The molecule has 3 nitrogen and oxygen atoms in total. The zero-order valence-corrected chi connectivity index (χ0v) is 18.1. The number of hydrogen-bond donors (Lipinski definition) is 0.